The molecule has 0 fully saturated rings. The van der Waals surface area contributed by atoms with Crippen molar-refractivity contribution in [1.82, 2.24) is 14.4 Å². The van der Waals surface area contributed by atoms with E-state index < -0.39 is 16.0 Å². The molecule has 1 aromatic heterocycles. The molecule has 0 aliphatic heterocycles. The molecule has 0 aliphatic rings. The summed E-state index contributed by atoms with van der Waals surface area (Å²) in [4.78, 5) is 16.2. The molecule has 2 aromatic carbocycles. The first kappa shape index (κ1) is 20.7. The van der Waals surface area contributed by atoms with Crippen molar-refractivity contribution in [3.05, 3.63) is 65.0 Å². The fourth-order valence-corrected chi connectivity index (χ4v) is 3.95. The van der Waals surface area contributed by atoms with Crippen LogP contribution >= 0.6 is 0 Å². The molecule has 8 nitrogen and oxygen atoms in total. The Morgan fingerprint density at radius 2 is 1.86 bits per heavy atom. The summed E-state index contributed by atoms with van der Waals surface area (Å²) in [5.41, 5.74) is 2.62. The summed E-state index contributed by atoms with van der Waals surface area (Å²) >= 11 is 0. The van der Waals surface area contributed by atoms with Crippen molar-refractivity contribution in [3.63, 3.8) is 0 Å². The molecule has 0 saturated carbocycles. The summed E-state index contributed by atoms with van der Waals surface area (Å²) in [6, 6.07) is 11.9. The third kappa shape index (κ3) is 4.20. The summed E-state index contributed by atoms with van der Waals surface area (Å²) in [7, 11) is -1.23. The minimum atomic E-state index is -3.88. The van der Waals surface area contributed by atoms with Gasteiger partial charge in [-0.25, -0.2) is 13.2 Å². The molecule has 0 unspecified atom stereocenters. The molecule has 9 heteroatoms. The van der Waals surface area contributed by atoms with Crippen LogP contribution < -0.4 is 0 Å². The number of carbonyl (C=O) groups is 1. The van der Waals surface area contributed by atoms with Gasteiger partial charge in [0.05, 0.1) is 24.1 Å². The maximum atomic E-state index is 12.9. The average molecular weight is 415 g/mol. The number of carbonyl (C=O) groups excluding carboxylic acids is 1. The van der Waals surface area contributed by atoms with E-state index in [9.17, 15) is 13.2 Å². The van der Waals surface area contributed by atoms with Crippen molar-refractivity contribution < 1.29 is 22.5 Å². The highest BCUT2D eigenvalue weighted by atomic mass is 32.2. The second-order valence-corrected chi connectivity index (χ2v) is 8.60. The Bertz CT molecular complexity index is 1150. The number of ether oxygens (including phenoxy) is 1. The molecule has 0 saturated heterocycles. The normalized spacial score (nSPS) is 11.6. The van der Waals surface area contributed by atoms with E-state index in [-0.39, 0.29) is 22.9 Å². The Morgan fingerprint density at radius 1 is 1.14 bits per heavy atom. The topological polar surface area (TPSA) is 103 Å². The van der Waals surface area contributed by atoms with Gasteiger partial charge >= 0.3 is 5.97 Å². The van der Waals surface area contributed by atoms with Crippen LogP contribution in [0.4, 0.5) is 0 Å². The van der Waals surface area contributed by atoms with Crippen LogP contribution in [0.2, 0.25) is 0 Å². The second kappa shape index (κ2) is 8.14. The van der Waals surface area contributed by atoms with Crippen molar-refractivity contribution in [2.45, 2.75) is 25.3 Å². The first-order valence-electron chi connectivity index (χ1n) is 8.78. The van der Waals surface area contributed by atoms with Crippen LogP contribution in [0.1, 0.15) is 27.4 Å². The number of rotatable bonds is 6. The van der Waals surface area contributed by atoms with E-state index in [1.807, 2.05) is 31.2 Å². The zero-order chi connectivity index (χ0) is 21.2. The minimum Gasteiger partial charge on any atom is -0.465 e. The number of aryl methyl sites for hydroxylation is 2. The van der Waals surface area contributed by atoms with Gasteiger partial charge in [-0.15, -0.1) is 0 Å². The highest BCUT2D eigenvalue weighted by Gasteiger charge is 2.25. The lowest BCUT2D eigenvalue weighted by Gasteiger charge is -2.16. The van der Waals surface area contributed by atoms with E-state index in [1.165, 1.54) is 26.3 Å². The molecule has 0 spiro atoms. The number of methoxy groups -OCH3 is 1. The van der Waals surface area contributed by atoms with Crippen LogP contribution in [0.15, 0.2) is 51.9 Å². The summed E-state index contributed by atoms with van der Waals surface area (Å²) in [5, 5.41) is 3.95. The number of aromatic nitrogens is 2. The summed E-state index contributed by atoms with van der Waals surface area (Å²) in [6.07, 6.45) is 0. The molecule has 0 atom stereocenters. The Kier molecular flexibility index (Phi) is 5.81. The van der Waals surface area contributed by atoms with Crippen molar-refractivity contribution in [2.24, 2.45) is 0 Å². The number of benzene rings is 2. The Labute approximate surface area is 169 Å². The molecule has 0 radical (unpaired) electrons. The van der Waals surface area contributed by atoms with E-state index in [2.05, 4.69) is 10.1 Å². The van der Waals surface area contributed by atoms with Crippen LogP contribution in [-0.4, -0.2) is 43.0 Å². The maximum absolute atomic E-state index is 12.9. The lowest BCUT2D eigenvalue weighted by atomic mass is 10.1. The fourth-order valence-electron chi connectivity index (χ4n) is 2.80. The molecule has 0 bridgehead atoms. The number of nitrogens with zero attached hydrogens (tertiary/aromatic N) is 3. The number of hydrogen-bond donors (Lipinski definition) is 0. The van der Waals surface area contributed by atoms with Gasteiger partial charge in [-0.1, -0.05) is 35.5 Å². The van der Waals surface area contributed by atoms with Gasteiger partial charge in [-0.2, -0.15) is 9.29 Å². The fraction of sp³-hybridized carbons (Fsp3) is 0.250. The smallest absolute Gasteiger partial charge is 0.338 e. The van der Waals surface area contributed by atoms with Gasteiger partial charge in [0.2, 0.25) is 21.7 Å². The third-order valence-corrected chi connectivity index (χ3v) is 6.33. The van der Waals surface area contributed by atoms with Gasteiger partial charge in [0.15, 0.2) is 0 Å². The second-order valence-electron chi connectivity index (χ2n) is 6.56. The standard InChI is InChI=1S/C20H21N3O5S/c1-13-7-5-6-8-16(13)19-21-18(28-22-19)12-23(3)29(25,26)15-10-9-14(2)17(11-15)20(24)27-4/h5-11H,12H2,1-4H3. The van der Waals surface area contributed by atoms with E-state index in [4.69, 9.17) is 9.26 Å². The maximum Gasteiger partial charge on any atom is 0.338 e. The minimum absolute atomic E-state index is 0.0235. The van der Waals surface area contributed by atoms with E-state index >= 15 is 0 Å². The van der Waals surface area contributed by atoms with Gasteiger partial charge in [0, 0.05) is 12.6 Å². The molecular weight excluding hydrogens is 394 g/mol. The van der Waals surface area contributed by atoms with Gasteiger partial charge in [-0.3, -0.25) is 0 Å². The van der Waals surface area contributed by atoms with Crippen LogP contribution in [-0.2, 0) is 21.3 Å². The summed E-state index contributed by atoms with van der Waals surface area (Å²) in [6.45, 7) is 3.53. The Morgan fingerprint density at radius 3 is 2.55 bits per heavy atom. The third-order valence-electron chi connectivity index (χ3n) is 4.53. The monoisotopic (exact) mass is 415 g/mol. The van der Waals surface area contributed by atoms with E-state index in [1.54, 1.807) is 13.0 Å². The summed E-state index contributed by atoms with van der Waals surface area (Å²) < 4.78 is 36.9. The number of esters is 1. The molecule has 152 valence electrons. The highest BCUT2D eigenvalue weighted by Crippen LogP contribution is 2.23. The Hall–Kier alpha value is -3.04. The molecule has 0 aliphatic carbocycles. The first-order valence-corrected chi connectivity index (χ1v) is 10.2. The molecule has 0 N–H and O–H groups in total. The predicted molar refractivity (Wildman–Crippen MR) is 106 cm³/mol. The van der Waals surface area contributed by atoms with Crippen molar-refractivity contribution in [3.8, 4) is 11.4 Å². The Balaban J connectivity index is 1.85. The van der Waals surface area contributed by atoms with Gasteiger partial charge < -0.3 is 9.26 Å². The molecule has 3 rings (SSSR count). The van der Waals surface area contributed by atoms with Gasteiger partial charge in [0.1, 0.15) is 0 Å². The molecule has 1 heterocycles. The SMILES string of the molecule is COC(=O)c1cc(S(=O)(=O)N(C)Cc2nc(-c3ccccc3C)no2)ccc1C. The number of hydrogen-bond acceptors (Lipinski definition) is 7. The molecule has 0 amide bonds. The van der Waals surface area contributed by atoms with Gasteiger partial charge in [-0.05, 0) is 37.1 Å². The quantitative estimate of drug-likeness (QED) is 0.570. The largest absolute Gasteiger partial charge is 0.465 e. The number of sulfonamides is 1. The molecular formula is C20H21N3O5S. The zero-order valence-corrected chi connectivity index (χ0v) is 17.4. The lowest BCUT2D eigenvalue weighted by Crippen LogP contribution is -2.27. The lowest BCUT2D eigenvalue weighted by molar-refractivity contribution is 0.0599. The highest BCUT2D eigenvalue weighted by molar-refractivity contribution is 7.89. The van der Waals surface area contributed by atoms with E-state index in [0.717, 1.165) is 15.4 Å². The van der Waals surface area contributed by atoms with Crippen LogP contribution in [0.3, 0.4) is 0 Å². The van der Waals surface area contributed by atoms with Crippen molar-refractivity contribution in [2.75, 3.05) is 14.2 Å². The first-order chi connectivity index (χ1) is 13.7. The average Bonchev–Trinajstić information content (AvgIpc) is 3.16. The van der Waals surface area contributed by atoms with Crippen LogP contribution in [0.25, 0.3) is 11.4 Å². The predicted octanol–water partition coefficient (Wildman–Crippen LogP) is 2.96. The molecule has 29 heavy (non-hydrogen) atoms. The van der Waals surface area contributed by atoms with Crippen LogP contribution in [0, 0.1) is 13.8 Å². The van der Waals surface area contributed by atoms with E-state index in [0.29, 0.717) is 11.4 Å². The van der Waals surface area contributed by atoms with Crippen LogP contribution in [0.5, 0.6) is 0 Å². The zero-order valence-electron chi connectivity index (χ0n) is 16.5. The van der Waals surface area contributed by atoms with Crippen molar-refractivity contribution in [1.29, 1.82) is 0 Å². The molecule has 3 aromatic rings. The van der Waals surface area contributed by atoms with Crippen molar-refractivity contribution >= 4 is 16.0 Å². The van der Waals surface area contributed by atoms with Gasteiger partial charge in [0.25, 0.3) is 0 Å². The summed E-state index contributed by atoms with van der Waals surface area (Å²) in [5.74, 6) is -0.0381.